The number of hydrogen-bond acceptors (Lipinski definition) is 3. The van der Waals surface area contributed by atoms with Gasteiger partial charge in [-0.05, 0) is 54.8 Å². The zero-order chi connectivity index (χ0) is 21.3. The first kappa shape index (κ1) is 21.2. The fourth-order valence-corrected chi connectivity index (χ4v) is 3.07. The molecule has 5 N–H and O–H groups in total. The average molecular weight is 411 g/mol. The largest absolute Gasteiger partial charge is 0.484 e. The van der Waals surface area contributed by atoms with Gasteiger partial charge in [0.1, 0.15) is 11.6 Å². The molecule has 1 aromatic heterocycles. The second-order valence-corrected chi connectivity index (χ2v) is 6.78. The van der Waals surface area contributed by atoms with Gasteiger partial charge in [-0.2, -0.15) is 0 Å². The van der Waals surface area contributed by atoms with E-state index in [4.69, 9.17) is 10.5 Å². The zero-order valence-corrected chi connectivity index (χ0v) is 16.9. The van der Waals surface area contributed by atoms with Gasteiger partial charge in [0.05, 0.1) is 6.54 Å². The van der Waals surface area contributed by atoms with Crippen molar-refractivity contribution in [3.63, 3.8) is 0 Å². The van der Waals surface area contributed by atoms with Gasteiger partial charge in [0.2, 0.25) is 0 Å². The number of aliphatic imine (C=N–C) groups is 1. The second-order valence-electron chi connectivity index (χ2n) is 6.78. The lowest BCUT2D eigenvalue weighted by Crippen LogP contribution is -2.38. The summed E-state index contributed by atoms with van der Waals surface area (Å²) in [5.74, 6) is 0.501. The molecule has 0 unspecified atom stereocenters. The van der Waals surface area contributed by atoms with Crippen molar-refractivity contribution < 1.29 is 13.9 Å². The zero-order valence-electron chi connectivity index (χ0n) is 16.9. The minimum atomic E-state index is -0.519. The number of aromatic amines is 1. The van der Waals surface area contributed by atoms with Gasteiger partial charge in [0, 0.05) is 30.2 Å². The van der Waals surface area contributed by atoms with Gasteiger partial charge in [-0.15, -0.1) is 0 Å². The number of nitrogens with two attached hydrogens (primary N) is 1. The smallest absolute Gasteiger partial charge is 0.255 e. The number of hydrogen-bond donors (Lipinski definition) is 4. The standard InChI is InChI=1S/C22H26FN5O2/c1-2-25-22(28-12-15-4-3-5-18(10-15)30-14-21(24)29)26-9-8-16-13-27-20-7-6-17(23)11-19(16)20/h3-7,10-11,13,27H,2,8-9,12,14H2,1H3,(H2,24,29)(H2,25,26,28). The number of nitrogens with zero attached hydrogens (tertiary/aromatic N) is 1. The van der Waals surface area contributed by atoms with Gasteiger partial charge in [-0.1, -0.05) is 12.1 Å². The number of rotatable bonds is 9. The molecule has 0 fully saturated rings. The van der Waals surface area contributed by atoms with E-state index >= 15 is 0 Å². The Morgan fingerprint density at radius 1 is 1.23 bits per heavy atom. The molecule has 158 valence electrons. The Bertz CT molecular complexity index is 1030. The number of guanidine groups is 1. The average Bonchev–Trinajstić information content (AvgIpc) is 3.13. The maximum absolute atomic E-state index is 13.5. The van der Waals surface area contributed by atoms with Crippen LogP contribution in [-0.2, 0) is 17.8 Å². The summed E-state index contributed by atoms with van der Waals surface area (Å²) in [6.07, 6.45) is 2.64. The SMILES string of the molecule is CCNC(=NCc1cccc(OCC(N)=O)c1)NCCc1c[nH]c2ccc(F)cc12. The molecule has 0 radical (unpaired) electrons. The van der Waals surface area contributed by atoms with Crippen molar-refractivity contribution in [1.29, 1.82) is 0 Å². The van der Waals surface area contributed by atoms with E-state index in [1.165, 1.54) is 6.07 Å². The lowest BCUT2D eigenvalue weighted by Gasteiger charge is -2.11. The van der Waals surface area contributed by atoms with Crippen LogP contribution >= 0.6 is 0 Å². The third-order valence-corrected chi connectivity index (χ3v) is 4.46. The van der Waals surface area contributed by atoms with E-state index in [0.29, 0.717) is 24.8 Å². The second kappa shape index (κ2) is 10.3. The predicted octanol–water partition coefficient (Wildman–Crippen LogP) is 2.47. The first-order chi connectivity index (χ1) is 14.5. The summed E-state index contributed by atoms with van der Waals surface area (Å²) in [5.41, 5.74) is 8.02. The van der Waals surface area contributed by atoms with Gasteiger partial charge in [-0.3, -0.25) is 4.79 Å². The Labute approximate surface area is 174 Å². The van der Waals surface area contributed by atoms with Crippen molar-refractivity contribution in [1.82, 2.24) is 15.6 Å². The van der Waals surface area contributed by atoms with Crippen molar-refractivity contribution in [2.24, 2.45) is 10.7 Å². The third kappa shape index (κ3) is 5.97. The summed E-state index contributed by atoms with van der Waals surface area (Å²) in [4.78, 5) is 18.6. The van der Waals surface area contributed by atoms with Crippen LogP contribution in [0.4, 0.5) is 4.39 Å². The van der Waals surface area contributed by atoms with Gasteiger partial charge in [0.15, 0.2) is 12.6 Å². The molecule has 0 aliphatic carbocycles. The summed E-state index contributed by atoms with van der Waals surface area (Å²) in [7, 11) is 0. The van der Waals surface area contributed by atoms with Crippen molar-refractivity contribution in [2.75, 3.05) is 19.7 Å². The number of nitrogens with one attached hydrogen (secondary N) is 3. The van der Waals surface area contributed by atoms with Crippen LogP contribution in [0.2, 0.25) is 0 Å². The third-order valence-electron chi connectivity index (χ3n) is 4.46. The van der Waals surface area contributed by atoms with E-state index < -0.39 is 5.91 Å². The number of carbonyl (C=O) groups is 1. The number of aromatic nitrogens is 1. The van der Waals surface area contributed by atoms with Gasteiger partial charge in [-0.25, -0.2) is 9.38 Å². The predicted molar refractivity (Wildman–Crippen MR) is 116 cm³/mol. The van der Waals surface area contributed by atoms with Crippen LogP contribution in [0, 0.1) is 5.82 Å². The highest BCUT2D eigenvalue weighted by Gasteiger charge is 2.06. The minimum absolute atomic E-state index is 0.158. The number of ether oxygens (including phenoxy) is 1. The van der Waals surface area contributed by atoms with Crippen molar-refractivity contribution >= 4 is 22.8 Å². The molecule has 0 saturated heterocycles. The molecule has 0 spiro atoms. The van der Waals surface area contributed by atoms with Crippen LogP contribution < -0.4 is 21.1 Å². The fraction of sp³-hybridized carbons (Fsp3) is 0.273. The molecule has 0 saturated carbocycles. The van der Waals surface area contributed by atoms with E-state index in [-0.39, 0.29) is 12.4 Å². The van der Waals surface area contributed by atoms with Crippen molar-refractivity contribution in [2.45, 2.75) is 19.9 Å². The van der Waals surface area contributed by atoms with Gasteiger partial charge >= 0.3 is 0 Å². The van der Waals surface area contributed by atoms with E-state index in [1.54, 1.807) is 18.2 Å². The first-order valence-corrected chi connectivity index (χ1v) is 9.83. The number of carbonyl (C=O) groups excluding carboxylic acids is 1. The molecule has 0 bridgehead atoms. The molecule has 0 atom stereocenters. The normalized spacial score (nSPS) is 11.5. The molecular formula is C22H26FN5O2. The molecule has 1 amide bonds. The van der Waals surface area contributed by atoms with E-state index in [0.717, 1.165) is 35.0 Å². The molecule has 3 rings (SSSR count). The van der Waals surface area contributed by atoms with Crippen LogP contribution in [-0.4, -0.2) is 36.5 Å². The Balaban J connectivity index is 1.58. The molecule has 8 heteroatoms. The number of primary amides is 1. The highest BCUT2D eigenvalue weighted by atomic mass is 19.1. The lowest BCUT2D eigenvalue weighted by molar-refractivity contribution is -0.119. The molecule has 2 aromatic carbocycles. The molecule has 7 nitrogen and oxygen atoms in total. The molecule has 1 heterocycles. The summed E-state index contributed by atoms with van der Waals surface area (Å²) in [6, 6.07) is 12.1. The van der Waals surface area contributed by atoms with E-state index in [1.807, 2.05) is 31.3 Å². The summed E-state index contributed by atoms with van der Waals surface area (Å²) in [5, 5.41) is 7.41. The number of amides is 1. The van der Waals surface area contributed by atoms with Crippen LogP contribution in [0.1, 0.15) is 18.1 Å². The first-order valence-electron chi connectivity index (χ1n) is 9.83. The maximum Gasteiger partial charge on any atom is 0.255 e. The number of H-pyrrole nitrogens is 1. The van der Waals surface area contributed by atoms with Crippen molar-refractivity contribution in [3.8, 4) is 5.75 Å². The molecule has 0 aliphatic rings. The highest BCUT2D eigenvalue weighted by Crippen LogP contribution is 2.19. The van der Waals surface area contributed by atoms with Crippen LogP contribution in [0.5, 0.6) is 5.75 Å². The summed E-state index contributed by atoms with van der Waals surface area (Å²) < 4.78 is 18.9. The maximum atomic E-state index is 13.5. The Morgan fingerprint density at radius 3 is 2.90 bits per heavy atom. The number of halogens is 1. The summed E-state index contributed by atoms with van der Waals surface area (Å²) in [6.45, 7) is 3.66. The van der Waals surface area contributed by atoms with Gasteiger partial charge in [0.25, 0.3) is 5.91 Å². The molecule has 30 heavy (non-hydrogen) atoms. The topological polar surface area (TPSA) is 105 Å². The quantitative estimate of drug-likeness (QED) is 0.321. The highest BCUT2D eigenvalue weighted by molar-refractivity contribution is 5.83. The van der Waals surface area contributed by atoms with Crippen LogP contribution in [0.3, 0.4) is 0 Å². The Hall–Kier alpha value is -3.55. The minimum Gasteiger partial charge on any atom is -0.484 e. The Kier molecular flexibility index (Phi) is 7.26. The summed E-state index contributed by atoms with van der Waals surface area (Å²) >= 11 is 0. The molecule has 0 aliphatic heterocycles. The van der Waals surface area contributed by atoms with Crippen LogP contribution in [0.15, 0.2) is 53.7 Å². The fourth-order valence-electron chi connectivity index (χ4n) is 3.07. The Morgan fingerprint density at radius 2 is 2.10 bits per heavy atom. The van der Waals surface area contributed by atoms with E-state index in [9.17, 15) is 9.18 Å². The number of fused-ring (bicyclic) bond motifs is 1. The van der Waals surface area contributed by atoms with Crippen molar-refractivity contribution in [3.05, 3.63) is 65.6 Å². The lowest BCUT2D eigenvalue weighted by atomic mass is 10.1. The number of benzene rings is 2. The molecule has 3 aromatic rings. The van der Waals surface area contributed by atoms with Gasteiger partial charge < -0.3 is 26.1 Å². The van der Waals surface area contributed by atoms with E-state index in [2.05, 4.69) is 20.6 Å². The monoisotopic (exact) mass is 411 g/mol. The molecular weight excluding hydrogens is 385 g/mol. The van der Waals surface area contributed by atoms with Crippen LogP contribution in [0.25, 0.3) is 10.9 Å².